The number of nitrogens with one attached hydrogen (secondary N) is 1. The van der Waals surface area contributed by atoms with Crippen molar-refractivity contribution in [1.29, 1.82) is 0 Å². The van der Waals surface area contributed by atoms with Crippen LogP contribution in [0.2, 0.25) is 0 Å². The van der Waals surface area contributed by atoms with Crippen LogP contribution >= 0.6 is 0 Å². The van der Waals surface area contributed by atoms with Gasteiger partial charge < -0.3 is 14.1 Å². The Balaban J connectivity index is 1.11. The first kappa shape index (κ1) is 23.6. The van der Waals surface area contributed by atoms with Crippen molar-refractivity contribution >= 4 is 21.0 Å². The van der Waals surface area contributed by atoms with Crippen molar-refractivity contribution in [1.82, 2.24) is 9.88 Å². The van der Waals surface area contributed by atoms with Gasteiger partial charge in [-0.25, -0.2) is 0 Å². The summed E-state index contributed by atoms with van der Waals surface area (Å²) in [5.74, 6) is 1.02. The van der Waals surface area contributed by atoms with Crippen LogP contribution in [0.5, 0.6) is 5.75 Å². The maximum atomic E-state index is 12.5. The summed E-state index contributed by atoms with van der Waals surface area (Å²) in [6.07, 6.45) is 7.84. The Kier molecular flexibility index (Phi) is 7.21. The van der Waals surface area contributed by atoms with Crippen molar-refractivity contribution in [3.8, 4) is 5.75 Å². The molecule has 0 atom stereocenters. The zero-order valence-electron chi connectivity index (χ0n) is 19.9. The normalized spacial score (nSPS) is 15.4. The summed E-state index contributed by atoms with van der Waals surface area (Å²) in [7, 11) is -3.84. The van der Waals surface area contributed by atoms with E-state index in [0.29, 0.717) is 11.7 Å². The van der Waals surface area contributed by atoms with Crippen LogP contribution in [0, 0.1) is 0 Å². The summed E-state index contributed by atoms with van der Waals surface area (Å²) in [6, 6.07) is 24.6. The molecule has 2 heterocycles. The van der Waals surface area contributed by atoms with E-state index in [1.54, 1.807) is 30.3 Å². The van der Waals surface area contributed by atoms with E-state index in [4.69, 9.17) is 4.18 Å². The molecule has 5 nitrogen and oxygen atoms in total. The lowest BCUT2D eigenvalue weighted by Crippen LogP contribution is -2.33. The number of aryl methyl sites for hydroxylation is 1. The molecule has 0 amide bonds. The molecule has 1 N–H and O–H groups in total. The van der Waals surface area contributed by atoms with E-state index >= 15 is 0 Å². The van der Waals surface area contributed by atoms with Gasteiger partial charge in [0.05, 0.1) is 0 Å². The minimum absolute atomic E-state index is 0.150. The summed E-state index contributed by atoms with van der Waals surface area (Å²) in [5.41, 5.74) is 3.64. The number of piperidine rings is 1. The van der Waals surface area contributed by atoms with Crippen LogP contribution in [-0.4, -0.2) is 37.9 Å². The molecule has 5 rings (SSSR count). The Labute approximate surface area is 207 Å². The molecule has 1 aliphatic rings. The lowest BCUT2D eigenvalue weighted by molar-refractivity contribution is 0.209. The van der Waals surface area contributed by atoms with E-state index in [1.165, 1.54) is 55.6 Å². The molecule has 35 heavy (non-hydrogen) atoms. The molecule has 1 saturated heterocycles. The molecule has 0 aliphatic carbocycles. The van der Waals surface area contributed by atoms with Crippen molar-refractivity contribution < 1.29 is 12.6 Å². The number of nitrogens with zero attached hydrogens (tertiary/aromatic N) is 1. The molecule has 6 heteroatoms. The molecule has 1 aliphatic heterocycles. The molecular formula is C29H32N2O3S. The lowest BCUT2D eigenvalue weighted by atomic mass is 9.89. The topological polar surface area (TPSA) is 62.4 Å². The Morgan fingerprint density at radius 3 is 2.34 bits per heavy atom. The van der Waals surface area contributed by atoms with Gasteiger partial charge in [0.1, 0.15) is 10.6 Å². The third-order valence-corrected chi connectivity index (χ3v) is 8.27. The highest BCUT2D eigenvalue weighted by molar-refractivity contribution is 7.87. The summed E-state index contributed by atoms with van der Waals surface area (Å²) in [5, 5.41) is 1.12. The van der Waals surface area contributed by atoms with E-state index in [2.05, 4.69) is 40.2 Å². The molecule has 3 aromatic carbocycles. The zero-order valence-corrected chi connectivity index (χ0v) is 20.7. The second-order valence-corrected chi connectivity index (χ2v) is 10.9. The highest BCUT2D eigenvalue weighted by atomic mass is 32.2. The van der Waals surface area contributed by atoms with Crippen molar-refractivity contribution in [3.05, 3.63) is 96.2 Å². The second kappa shape index (κ2) is 10.7. The Bertz CT molecular complexity index is 1340. The smallest absolute Gasteiger partial charge is 0.339 e. The van der Waals surface area contributed by atoms with Crippen LogP contribution in [0.1, 0.15) is 42.7 Å². The van der Waals surface area contributed by atoms with Gasteiger partial charge in [0.2, 0.25) is 0 Å². The second-order valence-electron chi connectivity index (χ2n) is 9.36. The maximum Gasteiger partial charge on any atom is 0.339 e. The third kappa shape index (κ3) is 5.77. The number of hydrogen-bond acceptors (Lipinski definition) is 4. The molecule has 4 aromatic rings. The number of fused-ring (bicyclic) bond motifs is 1. The average Bonchev–Trinajstić information content (AvgIpc) is 3.30. The summed E-state index contributed by atoms with van der Waals surface area (Å²) in [4.78, 5) is 6.03. The molecule has 182 valence electrons. The quantitative estimate of drug-likeness (QED) is 0.227. The fraction of sp³-hybridized carbons (Fsp3) is 0.310. The number of likely N-dealkylation sites (tertiary alicyclic amines) is 1. The van der Waals surface area contributed by atoms with Gasteiger partial charge in [-0.3, -0.25) is 0 Å². The SMILES string of the molecule is O=S(=O)(Oc1ccc2c(CCCCN3CCC(c4ccccc4)CC3)c[nH]c2c1)c1ccccc1. The predicted octanol–water partition coefficient (Wildman–Crippen LogP) is 6.14. The molecule has 0 spiro atoms. The van der Waals surface area contributed by atoms with Gasteiger partial charge in [-0.05, 0) is 93.0 Å². The van der Waals surface area contributed by atoms with Crippen LogP contribution in [0.15, 0.2) is 90.0 Å². The lowest BCUT2D eigenvalue weighted by Gasteiger charge is -2.32. The van der Waals surface area contributed by atoms with Gasteiger partial charge in [0.25, 0.3) is 0 Å². The van der Waals surface area contributed by atoms with Gasteiger partial charge in [0.15, 0.2) is 0 Å². The number of benzene rings is 3. The van der Waals surface area contributed by atoms with Crippen LogP contribution in [0.25, 0.3) is 10.9 Å². The van der Waals surface area contributed by atoms with E-state index in [0.717, 1.165) is 30.3 Å². The third-order valence-electron chi connectivity index (χ3n) is 7.01. The van der Waals surface area contributed by atoms with Gasteiger partial charge in [-0.1, -0.05) is 48.5 Å². The number of aromatic nitrogens is 1. The molecule has 1 fully saturated rings. The minimum atomic E-state index is -3.84. The number of unbranched alkanes of at least 4 members (excludes halogenated alkanes) is 1. The van der Waals surface area contributed by atoms with Crippen molar-refractivity contribution in [2.75, 3.05) is 19.6 Å². The molecule has 0 saturated carbocycles. The van der Waals surface area contributed by atoms with E-state index < -0.39 is 10.1 Å². The predicted molar refractivity (Wildman–Crippen MR) is 140 cm³/mol. The molecule has 0 radical (unpaired) electrons. The maximum absolute atomic E-state index is 12.5. The Hall–Kier alpha value is -3.09. The number of aromatic amines is 1. The molecule has 0 unspecified atom stereocenters. The van der Waals surface area contributed by atoms with E-state index in [9.17, 15) is 8.42 Å². The Morgan fingerprint density at radius 1 is 0.886 bits per heavy atom. The fourth-order valence-electron chi connectivity index (χ4n) is 5.05. The van der Waals surface area contributed by atoms with Crippen LogP contribution in [0.3, 0.4) is 0 Å². The fourth-order valence-corrected chi connectivity index (χ4v) is 6.00. The molecular weight excluding hydrogens is 456 g/mol. The first-order chi connectivity index (χ1) is 17.1. The van der Waals surface area contributed by atoms with Gasteiger partial charge >= 0.3 is 10.1 Å². The van der Waals surface area contributed by atoms with Gasteiger partial charge in [-0.15, -0.1) is 0 Å². The molecule has 0 bridgehead atoms. The van der Waals surface area contributed by atoms with Crippen LogP contribution < -0.4 is 4.18 Å². The number of hydrogen-bond donors (Lipinski definition) is 1. The first-order valence-electron chi connectivity index (χ1n) is 12.5. The standard InChI is InChI=1S/C29H32N2O3S/c32-35(33,27-12-5-2-6-13-27)34-26-14-15-28-25(22-30-29(28)21-26)11-7-8-18-31-19-16-24(17-20-31)23-9-3-1-4-10-23/h1-6,9-10,12-15,21-22,24,30H,7-8,11,16-20H2. The highest BCUT2D eigenvalue weighted by Gasteiger charge is 2.20. The van der Waals surface area contributed by atoms with Gasteiger partial charge in [0, 0.05) is 23.2 Å². The Morgan fingerprint density at radius 2 is 1.60 bits per heavy atom. The minimum Gasteiger partial charge on any atom is -0.379 e. The van der Waals surface area contributed by atoms with Crippen molar-refractivity contribution in [2.45, 2.75) is 42.9 Å². The highest BCUT2D eigenvalue weighted by Crippen LogP contribution is 2.29. The zero-order chi connectivity index (χ0) is 24.1. The molecule has 1 aromatic heterocycles. The van der Waals surface area contributed by atoms with E-state index in [-0.39, 0.29) is 4.90 Å². The van der Waals surface area contributed by atoms with Crippen molar-refractivity contribution in [2.24, 2.45) is 0 Å². The summed E-state index contributed by atoms with van der Waals surface area (Å²) < 4.78 is 30.4. The van der Waals surface area contributed by atoms with Gasteiger partial charge in [-0.2, -0.15) is 8.42 Å². The largest absolute Gasteiger partial charge is 0.379 e. The van der Waals surface area contributed by atoms with Crippen molar-refractivity contribution in [3.63, 3.8) is 0 Å². The van der Waals surface area contributed by atoms with E-state index in [1.807, 2.05) is 12.3 Å². The number of H-pyrrole nitrogens is 1. The van der Waals surface area contributed by atoms with Crippen LogP contribution in [0.4, 0.5) is 0 Å². The average molecular weight is 489 g/mol. The van der Waals surface area contributed by atoms with Crippen LogP contribution in [-0.2, 0) is 16.5 Å². The number of rotatable bonds is 9. The monoisotopic (exact) mass is 488 g/mol. The summed E-state index contributed by atoms with van der Waals surface area (Å²) >= 11 is 0. The summed E-state index contributed by atoms with van der Waals surface area (Å²) in [6.45, 7) is 3.52. The first-order valence-corrected chi connectivity index (χ1v) is 13.9.